The summed E-state index contributed by atoms with van der Waals surface area (Å²) in [6, 6.07) is 0. The number of esters is 1. The predicted molar refractivity (Wildman–Crippen MR) is 96.8 cm³/mol. The van der Waals surface area contributed by atoms with E-state index in [9.17, 15) is 30.3 Å². The minimum absolute atomic E-state index is 0.0134. The SMILES string of the molecule is COc1c(O)c(CN2CCCC2)c2c(c1O)C1O[C@H](CO)[C@@H](O)[C@H](O)C1OC2=O. The van der Waals surface area contributed by atoms with Crippen LogP contribution in [-0.4, -0.2) is 87.6 Å². The third-order valence-corrected chi connectivity index (χ3v) is 5.93. The van der Waals surface area contributed by atoms with Crippen molar-refractivity contribution in [3.63, 3.8) is 0 Å². The monoisotopic (exact) mass is 411 g/mol. The van der Waals surface area contributed by atoms with Gasteiger partial charge in [-0.05, 0) is 25.9 Å². The molecule has 10 heteroatoms. The average molecular weight is 411 g/mol. The Balaban J connectivity index is 1.87. The Morgan fingerprint density at radius 3 is 2.45 bits per heavy atom. The highest BCUT2D eigenvalue weighted by molar-refractivity contribution is 5.97. The summed E-state index contributed by atoms with van der Waals surface area (Å²) < 4.78 is 16.2. The lowest BCUT2D eigenvalue weighted by Gasteiger charge is -2.45. The first-order valence-electron chi connectivity index (χ1n) is 9.59. The fourth-order valence-electron chi connectivity index (χ4n) is 4.43. The van der Waals surface area contributed by atoms with Gasteiger partial charge in [0.2, 0.25) is 5.75 Å². The van der Waals surface area contributed by atoms with Crippen molar-refractivity contribution in [2.75, 3.05) is 26.8 Å². The lowest BCUT2D eigenvalue weighted by molar-refractivity contribution is -0.235. The molecule has 4 rings (SSSR count). The van der Waals surface area contributed by atoms with Crippen LogP contribution in [0.4, 0.5) is 0 Å². The number of rotatable bonds is 4. The van der Waals surface area contributed by atoms with Gasteiger partial charge in [0, 0.05) is 17.7 Å². The van der Waals surface area contributed by atoms with E-state index in [4.69, 9.17) is 14.2 Å². The molecule has 0 aromatic heterocycles. The Hall–Kier alpha value is -2.11. The molecular formula is C19H25NO9. The molecule has 2 saturated heterocycles. The number of aliphatic hydroxyl groups excluding tert-OH is 3. The van der Waals surface area contributed by atoms with Gasteiger partial charge in [-0.3, -0.25) is 4.90 Å². The summed E-state index contributed by atoms with van der Waals surface area (Å²) in [5, 5.41) is 51.5. The van der Waals surface area contributed by atoms with E-state index in [0.717, 1.165) is 25.9 Å². The van der Waals surface area contributed by atoms with Crippen molar-refractivity contribution in [1.29, 1.82) is 0 Å². The fraction of sp³-hybridized carbons (Fsp3) is 0.632. The lowest BCUT2D eigenvalue weighted by Crippen LogP contribution is -2.58. The Morgan fingerprint density at radius 1 is 1.14 bits per heavy atom. The topological polar surface area (TPSA) is 149 Å². The normalized spacial score (nSPS) is 31.9. The number of nitrogens with zero attached hydrogens (tertiary/aromatic N) is 1. The van der Waals surface area contributed by atoms with Gasteiger partial charge in [-0.25, -0.2) is 4.79 Å². The molecule has 3 heterocycles. The van der Waals surface area contributed by atoms with E-state index < -0.39 is 48.8 Å². The molecule has 10 nitrogen and oxygen atoms in total. The number of methoxy groups -OCH3 is 1. The van der Waals surface area contributed by atoms with Gasteiger partial charge in [0.25, 0.3) is 0 Å². The Labute approximate surface area is 166 Å². The van der Waals surface area contributed by atoms with Crippen molar-refractivity contribution in [2.45, 2.75) is 49.9 Å². The number of likely N-dealkylation sites (tertiary alicyclic amines) is 1. The van der Waals surface area contributed by atoms with E-state index in [1.807, 2.05) is 0 Å². The molecular weight excluding hydrogens is 386 g/mol. The molecule has 1 aromatic carbocycles. The number of ether oxygens (including phenoxy) is 3. The smallest absolute Gasteiger partial charge is 0.339 e. The van der Waals surface area contributed by atoms with Crippen molar-refractivity contribution in [3.8, 4) is 17.2 Å². The molecule has 0 amide bonds. The third kappa shape index (κ3) is 3.11. The van der Waals surface area contributed by atoms with Crippen LogP contribution in [0, 0.1) is 0 Å². The first-order valence-corrected chi connectivity index (χ1v) is 9.59. The zero-order valence-corrected chi connectivity index (χ0v) is 15.9. The highest BCUT2D eigenvalue weighted by Crippen LogP contribution is 2.52. The van der Waals surface area contributed by atoms with E-state index in [-0.39, 0.29) is 34.7 Å². The highest BCUT2D eigenvalue weighted by atomic mass is 16.6. The fourth-order valence-corrected chi connectivity index (χ4v) is 4.43. The second-order valence-corrected chi connectivity index (χ2v) is 7.61. The predicted octanol–water partition coefficient (Wildman–Crippen LogP) is -0.605. The van der Waals surface area contributed by atoms with Crippen LogP contribution in [0.25, 0.3) is 0 Å². The van der Waals surface area contributed by atoms with E-state index in [2.05, 4.69) is 4.90 Å². The first kappa shape index (κ1) is 20.2. The Morgan fingerprint density at radius 2 is 1.83 bits per heavy atom. The molecule has 2 unspecified atom stereocenters. The first-order chi connectivity index (χ1) is 13.9. The number of phenolic OH excluding ortho intramolecular Hbond substituents is 2. The summed E-state index contributed by atoms with van der Waals surface area (Å²) in [6.45, 7) is 1.26. The molecule has 0 bridgehead atoms. The number of carbonyl (C=O) groups excluding carboxylic acids is 1. The van der Waals surface area contributed by atoms with E-state index in [0.29, 0.717) is 0 Å². The van der Waals surface area contributed by atoms with Crippen LogP contribution < -0.4 is 4.74 Å². The van der Waals surface area contributed by atoms with Crippen LogP contribution in [0.3, 0.4) is 0 Å². The molecule has 29 heavy (non-hydrogen) atoms. The van der Waals surface area contributed by atoms with Crippen LogP contribution in [-0.2, 0) is 16.0 Å². The maximum Gasteiger partial charge on any atom is 0.339 e. The zero-order valence-electron chi connectivity index (χ0n) is 15.9. The van der Waals surface area contributed by atoms with Crippen LogP contribution >= 0.6 is 0 Å². The summed E-state index contributed by atoms with van der Waals surface area (Å²) >= 11 is 0. The van der Waals surface area contributed by atoms with Crippen LogP contribution in [0.2, 0.25) is 0 Å². The van der Waals surface area contributed by atoms with Gasteiger partial charge in [0.1, 0.15) is 24.4 Å². The molecule has 5 atom stereocenters. The molecule has 0 radical (unpaired) electrons. The van der Waals surface area contributed by atoms with E-state index >= 15 is 0 Å². The van der Waals surface area contributed by atoms with Crippen molar-refractivity contribution in [3.05, 3.63) is 16.7 Å². The zero-order chi connectivity index (χ0) is 20.9. The molecule has 3 aliphatic heterocycles. The largest absolute Gasteiger partial charge is 0.504 e. The maximum absolute atomic E-state index is 12.8. The number of benzene rings is 1. The number of fused-ring (bicyclic) bond motifs is 3. The van der Waals surface area contributed by atoms with Gasteiger partial charge in [-0.2, -0.15) is 0 Å². The number of phenols is 2. The van der Waals surface area contributed by atoms with Crippen LogP contribution in [0.1, 0.15) is 40.4 Å². The van der Waals surface area contributed by atoms with Crippen LogP contribution in [0.5, 0.6) is 17.2 Å². The second-order valence-electron chi connectivity index (χ2n) is 7.61. The van der Waals surface area contributed by atoms with E-state index in [1.165, 1.54) is 7.11 Å². The quantitative estimate of drug-likeness (QED) is 0.406. The summed E-state index contributed by atoms with van der Waals surface area (Å²) in [7, 11) is 1.27. The lowest BCUT2D eigenvalue weighted by atomic mass is 9.84. The number of hydrogen-bond acceptors (Lipinski definition) is 10. The number of aliphatic hydroxyl groups is 3. The maximum atomic E-state index is 12.8. The molecule has 1 aromatic rings. The number of aromatic hydroxyl groups is 2. The highest BCUT2D eigenvalue weighted by Gasteiger charge is 2.53. The van der Waals surface area contributed by atoms with Crippen molar-refractivity contribution < 1.29 is 44.5 Å². The van der Waals surface area contributed by atoms with Gasteiger partial charge in [-0.1, -0.05) is 0 Å². The summed E-state index contributed by atoms with van der Waals surface area (Å²) in [5.41, 5.74) is 0.207. The molecule has 0 aliphatic carbocycles. The van der Waals surface area contributed by atoms with Gasteiger partial charge in [0.05, 0.1) is 19.3 Å². The Bertz CT molecular complexity index is 808. The summed E-state index contributed by atoms with van der Waals surface area (Å²) in [6.07, 6.45) is -4.57. The van der Waals surface area contributed by atoms with Gasteiger partial charge in [-0.15, -0.1) is 0 Å². The van der Waals surface area contributed by atoms with Crippen molar-refractivity contribution >= 4 is 5.97 Å². The standard InChI is InChI=1S/C19H25NO9/c1-27-17-12(22)8(6-20-4-2-3-5-20)10-11(14(17)24)16-18(29-19(10)26)15(25)13(23)9(7-21)28-16/h9,13,15-16,18,21-25H,2-7H2,1H3/t9-,13-,15+,16?,18?/m1/s1. The average Bonchev–Trinajstić information content (AvgIpc) is 3.21. The second kappa shape index (κ2) is 7.62. The molecule has 0 spiro atoms. The van der Waals surface area contributed by atoms with Crippen molar-refractivity contribution in [1.82, 2.24) is 4.90 Å². The van der Waals surface area contributed by atoms with Gasteiger partial charge < -0.3 is 39.7 Å². The molecule has 5 N–H and O–H groups in total. The molecule has 0 saturated carbocycles. The number of carbonyl (C=O) groups is 1. The minimum Gasteiger partial charge on any atom is -0.504 e. The van der Waals surface area contributed by atoms with Crippen molar-refractivity contribution in [2.24, 2.45) is 0 Å². The summed E-state index contributed by atoms with van der Waals surface area (Å²) in [4.78, 5) is 14.9. The molecule has 3 aliphatic rings. The third-order valence-electron chi connectivity index (χ3n) is 5.93. The number of hydrogen-bond donors (Lipinski definition) is 5. The summed E-state index contributed by atoms with van der Waals surface area (Å²) in [5.74, 6) is -1.92. The van der Waals surface area contributed by atoms with E-state index in [1.54, 1.807) is 0 Å². The molecule has 160 valence electrons. The van der Waals surface area contributed by atoms with Gasteiger partial charge in [0.15, 0.2) is 17.6 Å². The Kier molecular flexibility index (Phi) is 5.30. The molecule has 2 fully saturated rings. The van der Waals surface area contributed by atoms with Gasteiger partial charge >= 0.3 is 5.97 Å². The minimum atomic E-state index is -1.52. The van der Waals surface area contributed by atoms with Crippen LogP contribution in [0.15, 0.2) is 0 Å².